The Balaban J connectivity index is 0.000000246. The molecule has 3 aromatic rings. The number of hydrogen-bond acceptors (Lipinski definition) is 2. The summed E-state index contributed by atoms with van der Waals surface area (Å²) in [5.41, 5.74) is 1.15. The lowest BCUT2D eigenvalue weighted by Gasteiger charge is -2.09. The van der Waals surface area contributed by atoms with E-state index in [0.717, 1.165) is 0 Å². The average molecular weight is 290 g/mol. The number of carbonyl (C=O) groups is 1. The Morgan fingerprint density at radius 2 is 1.00 bits per heavy atom. The number of hydrogen-bond donors (Lipinski definition) is 1. The maximum atomic E-state index is 11.9. The van der Waals surface area contributed by atoms with E-state index in [4.69, 9.17) is 0 Å². The van der Waals surface area contributed by atoms with Crippen LogP contribution in [0.1, 0.15) is 22.0 Å². The molecular formula is C20H18O2. The minimum Gasteiger partial charge on any atom is -0.380 e. The van der Waals surface area contributed by atoms with E-state index >= 15 is 0 Å². The molecule has 0 aliphatic rings. The van der Waals surface area contributed by atoms with Crippen LogP contribution in [0, 0.1) is 0 Å². The van der Waals surface area contributed by atoms with Crippen molar-refractivity contribution in [3.63, 3.8) is 0 Å². The average Bonchev–Trinajstić information content (AvgIpc) is 2.64. The summed E-state index contributed by atoms with van der Waals surface area (Å²) in [5.74, 6) is -0.271. The number of rotatable bonds is 3. The van der Waals surface area contributed by atoms with Gasteiger partial charge in [0, 0.05) is 5.56 Å². The molecule has 1 atom stereocenters. The minimum atomic E-state index is -1.08. The molecule has 0 bridgehead atoms. The van der Waals surface area contributed by atoms with Crippen LogP contribution in [-0.2, 0) is 0 Å². The van der Waals surface area contributed by atoms with E-state index in [0.29, 0.717) is 11.1 Å². The van der Waals surface area contributed by atoms with Gasteiger partial charge in [-0.1, -0.05) is 97.1 Å². The molecular weight excluding hydrogens is 272 g/mol. The fourth-order valence-electron chi connectivity index (χ4n) is 1.93. The topological polar surface area (TPSA) is 37.3 Å². The van der Waals surface area contributed by atoms with Gasteiger partial charge >= 0.3 is 0 Å². The van der Waals surface area contributed by atoms with Gasteiger partial charge < -0.3 is 5.11 Å². The van der Waals surface area contributed by atoms with Crippen LogP contribution < -0.4 is 0 Å². The van der Waals surface area contributed by atoms with E-state index < -0.39 is 6.10 Å². The lowest BCUT2D eigenvalue weighted by molar-refractivity contribution is 0.0747. The summed E-state index contributed by atoms with van der Waals surface area (Å²) in [6.07, 6.45) is -1.08. The second-order valence-corrected chi connectivity index (χ2v) is 4.70. The Bertz CT molecular complexity index is 637. The number of carbonyl (C=O) groups excluding carboxylic acids is 1. The Labute approximate surface area is 130 Å². The van der Waals surface area contributed by atoms with Crippen molar-refractivity contribution in [2.75, 3.05) is 0 Å². The van der Waals surface area contributed by atoms with Crippen LogP contribution >= 0.6 is 0 Å². The van der Waals surface area contributed by atoms with E-state index in [1.54, 1.807) is 48.5 Å². The normalized spacial score (nSPS) is 11.0. The molecule has 3 rings (SSSR count). The lowest BCUT2D eigenvalue weighted by Crippen LogP contribution is -2.11. The van der Waals surface area contributed by atoms with Crippen LogP contribution in [-0.4, -0.2) is 10.9 Å². The third-order valence-corrected chi connectivity index (χ3v) is 3.09. The van der Waals surface area contributed by atoms with E-state index in [9.17, 15) is 9.90 Å². The summed E-state index contributed by atoms with van der Waals surface area (Å²) in [6, 6.07) is 29.7. The van der Waals surface area contributed by atoms with Crippen molar-refractivity contribution in [1.82, 2.24) is 0 Å². The third-order valence-electron chi connectivity index (χ3n) is 3.09. The van der Waals surface area contributed by atoms with E-state index in [1.807, 2.05) is 48.5 Å². The highest BCUT2D eigenvalue weighted by Crippen LogP contribution is 2.17. The molecule has 0 radical (unpaired) electrons. The molecule has 22 heavy (non-hydrogen) atoms. The largest absolute Gasteiger partial charge is 0.380 e. The van der Waals surface area contributed by atoms with Crippen molar-refractivity contribution in [2.24, 2.45) is 0 Å². The second kappa shape index (κ2) is 8.55. The van der Waals surface area contributed by atoms with Crippen LogP contribution in [0.25, 0.3) is 0 Å². The summed E-state index contributed by atoms with van der Waals surface area (Å²) < 4.78 is 0. The smallest absolute Gasteiger partial charge is 0.195 e. The molecule has 1 N–H and O–H groups in total. The maximum Gasteiger partial charge on any atom is 0.195 e. The highest BCUT2D eigenvalue weighted by molar-refractivity contribution is 5.99. The highest BCUT2D eigenvalue weighted by Gasteiger charge is 2.18. The predicted molar refractivity (Wildman–Crippen MR) is 88.6 cm³/mol. The Morgan fingerprint density at radius 1 is 0.636 bits per heavy atom. The van der Waals surface area contributed by atoms with Gasteiger partial charge in [0.05, 0.1) is 0 Å². The van der Waals surface area contributed by atoms with Crippen molar-refractivity contribution in [3.05, 3.63) is 108 Å². The molecule has 0 aliphatic carbocycles. The minimum absolute atomic E-state index is 0.271. The van der Waals surface area contributed by atoms with Crippen molar-refractivity contribution in [3.8, 4) is 0 Å². The molecule has 0 fully saturated rings. The first-order valence-electron chi connectivity index (χ1n) is 7.11. The first kappa shape index (κ1) is 15.7. The van der Waals surface area contributed by atoms with Gasteiger partial charge in [-0.15, -0.1) is 0 Å². The Morgan fingerprint density at radius 3 is 1.45 bits per heavy atom. The van der Waals surface area contributed by atoms with Crippen molar-refractivity contribution in [1.29, 1.82) is 0 Å². The zero-order valence-electron chi connectivity index (χ0n) is 12.2. The number of aliphatic hydroxyl groups excluding tert-OH is 1. The molecule has 0 heterocycles. The molecule has 110 valence electrons. The summed E-state index contributed by atoms with van der Waals surface area (Å²) >= 11 is 0. The molecule has 0 amide bonds. The molecule has 0 saturated carbocycles. The first-order valence-corrected chi connectivity index (χ1v) is 7.11. The quantitative estimate of drug-likeness (QED) is 0.731. The fourth-order valence-corrected chi connectivity index (χ4v) is 1.93. The standard InChI is InChI=1S/C14H12O2.C6H6/c15-13(11-7-3-1-4-8-11)14(16)12-9-5-2-6-10-12;1-2-4-6-5-3-1/h1-10,13,15H;1-6H. The molecule has 0 saturated heterocycles. The monoisotopic (exact) mass is 290 g/mol. The molecule has 1 unspecified atom stereocenters. The second-order valence-electron chi connectivity index (χ2n) is 4.70. The zero-order valence-corrected chi connectivity index (χ0v) is 12.2. The number of ketones is 1. The number of benzene rings is 3. The zero-order chi connectivity index (χ0) is 15.6. The Kier molecular flexibility index (Phi) is 6.09. The number of Topliss-reactive ketones (excluding diaryl/α,β-unsaturated/α-hetero) is 1. The van der Waals surface area contributed by atoms with E-state index in [1.165, 1.54) is 0 Å². The van der Waals surface area contributed by atoms with Gasteiger partial charge in [-0.25, -0.2) is 0 Å². The van der Waals surface area contributed by atoms with E-state index in [-0.39, 0.29) is 5.78 Å². The first-order chi connectivity index (χ1) is 10.8. The summed E-state index contributed by atoms with van der Waals surface area (Å²) in [7, 11) is 0. The summed E-state index contributed by atoms with van der Waals surface area (Å²) in [6.45, 7) is 0. The molecule has 3 aromatic carbocycles. The van der Waals surface area contributed by atoms with Gasteiger partial charge in [-0.3, -0.25) is 4.79 Å². The maximum absolute atomic E-state index is 11.9. The molecule has 0 spiro atoms. The van der Waals surface area contributed by atoms with Crippen LogP contribution in [0.3, 0.4) is 0 Å². The van der Waals surface area contributed by atoms with Gasteiger partial charge in [0.2, 0.25) is 0 Å². The summed E-state index contributed by atoms with van der Waals surface area (Å²) in [5, 5.41) is 9.89. The highest BCUT2D eigenvalue weighted by atomic mass is 16.3. The fraction of sp³-hybridized carbons (Fsp3) is 0.0500. The third kappa shape index (κ3) is 4.69. The molecule has 2 heteroatoms. The van der Waals surface area contributed by atoms with Crippen molar-refractivity contribution < 1.29 is 9.90 Å². The van der Waals surface area contributed by atoms with Crippen LogP contribution in [0.2, 0.25) is 0 Å². The number of aliphatic hydroxyl groups is 1. The van der Waals surface area contributed by atoms with Gasteiger partial charge in [-0.2, -0.15) is 0 Å². The van der Waals surface area contributed by atoms with Crippen molar-refractivity contribution in [2.45, 2.75) is 6.10 Å². The SMILES string of the molecule is O=C(c1ccccc1)C(O)c1ccccc1.c1ccccc1. The lowest BCUT2D eigenvalue weighted by atomic mass is 10.0. The van der Waals surface area contributed by atoms with E-state index in [2.05, 4.69) is 0 Å². The van der Waals surface area contributed by atoms with Gasteiger partial charge in [0.1, 0.15) is 6.10 Å². The van der Waals surface area contributed by atoms with Crippen molar-refractivity contribution >= 4 is 5.78 Å². The van der Waals surface area contributed by atoms with Gasteiger partial charge in [0.15, 0.2) is 5.78 Å². The molecule has 2 nitrogen and oxygen atoms in total. The Hall–Kier alpha value is -2.71. The van der Waals surface area contributed by atoms with Crippen LogP contribution in [0.5, 0.6) is 0 Å². The van der Waals surface area contributed by atoms with Crippen LogP contribution in [0.4, 0.5) is 0 Å². The summed E-state index contributed by atoms with van der Waals surface area (Å²) in [4.78, 5) is 11.9. The van der Waals surface area contributed by atoms with Gasteiger partial charge in [0.25, 0.3) is 0 Å². The van der Waals surface area contributed by atoms with Gasteiger partial charge in [-0.05, 0) is 5.56 Å². The predicted octanol–water partition coefficient (Wildman–Crippen LogP) is 4.29. The molecule has 0 aromatic heterocycles. The van der Waals surface area contributed by atoms with Crippen LogP contribution in [0.15, 0.2) is 97.1 Å². The molecule has 0 aliphatic heterocycles.